The van der Waals surface area contributed by atoms with E-state index >= 15 is 0 Å². The molecule has 0 aliphatic rings. The van der Waals surface area contributed by atoms with Gasteiger partial charge in [0.1, 0.15) is 5.75 Å². The highest BCUT2D eigenvalue weighted by atomic mass is 79.9. The Kier molecular flexibility index (Phi) is 3.53. The molecule has 0 atom stereocenters. The van der Waals surface area contributed by atoms with Gasteiger partial charge in [-0.25, -0.2) is 0 Å². The summed E-state index contributed by atoms with van der Waals surface area (Å²) in [4.78, 5) is 0. The van der Waals surface area contributed by atoms with Gasteiger partial charge in [-0.05, 0) is 12.1 Å². The molecular weight excluding hydrogens is 217 g/mol. The quantitative estimate of drug-likeness (QED) is 0.664. The molecule has 0 saturated carbocycles. The minimum Gasteiger partial charge on any atom is -0.506 e. The summed E-state index contributed by atoms with van der Waals surface area (Å²) in [5.41, 5.74) is 5.82. The normalized spacial score (nSPS) is 8.50. The van der Waals surface area contributed by atoms with E-state index in [-0.39, 0.29) is 22.7 Å². The average Bonchev–Trinajstić information content (AvgIpc) is 1.80. The minimum absolute atomic E-state index is 0. The van der Waals surface area contributed by atoms with Crippen molar-refractivity contribution in [1.29, 1.82) is 0 Å². The Labute approximate surface area is 74.4 Å². The van der Waals surface area contributed by atoms with E-state index in [1.165, 1.54) is 6.07 Å². The van der Waals surface area contributed by atoms with Crippen molar-refractivity contribution >= 4 is 34.3 Å². The molecule has 0 spiro atoms. The third-order valence-electron chi connectivity index (χ3n) is 0.970. The first-order valence-corrected chi connectivity index (χ1v) is 2.82. The van der Waals surface area contributed by atoms with Gasteiger partial charge < -0.3 is 10.8 Å². The predicted octanol–water partition coefficient (Wildman–Crippen LogP) is 2.21. The third kappa shape index (κ3) is 2.08. The summed E-state index contributed by atoms with van der Waals surface area (Å²) in [5.74, 6) is 0.0247. The summed E-state index contributed by atoms with van der Waals surface area (Å²) in [5, 5.41) is 9.21. The van der Waals surface area contributed by atoms with Crippen LogP contribution in [0.2, 0.25) is 5.02 Å². The number of phenolic OH excluding ortho intramolecular Hbond substituents is 1. The van der Waals surface area contributed by atoms with Crippen LogP contribution in [0, 0.1) is 0 Å². The molecule has 0 fully saturated rings. The predicted molar refractivity (Wildman–Crippen MR) is 47.9 cm³/mol. The first-order valence-electron chi connectivity index (χ1n) is 2.44. The van der Waals surface area contributed by atoms with E-state index in [2.05, 4.69) is 0 Å². The highest BCUT2D eigenvalue weighted by molar-refractivity contribution is 8.93. The molecule has 1 aromatic rings. The lowest BCUT2D eigenvalue weighted by molar-refractivity contribution is 0.476. The summed E-state index contributed by atoms with van der Waals surface area (Å²) < 4.78 is 0. The van der Waals surface area contributed by atoms with Crippen molar-refractivity contribution in [3.05, 3.63) is 23.2 Å². The summed E-state index contributed by atoms with van der Waals surface area (Å²) in [7, 11) is 0. The number of nitrogens with two attached hydrogens (primary N) is 1. The van der Waals surface area contributed by atoms with Gasteiger partial charge in [0.2, 0.25) is 0 Å². The number of nitrogen functional groups attached to an aromatic ring is 1. The van der Waals surface area contributed by atoms with Gasteiger partial charge >= 0.3 is 0 Å². The van der Waals surface area contributed by atoms with Gasteiger partial charge in [-0.15, -0.1) is 17.0 Å². The molecule has 0 amide bonds. The second-order valence-corrected chi connectivity index (χ2v) is 2.12. The molecule has 0 radical (unpaired) electrons. The van der Waals surface area contributed by atoms with Crippen molar-refractivity contribution in [2.24, 2.45) is 0 Å². The van der Waals surface area contributed by atoms with Crippen LogP contribution in [0.4, 0.5) is 5.69 Å². The van der Waals surface area contributed by atoms with E-state index in [9.17, 15) is 0 Å². The Bertz CT molecular complexity index is 229. The second-order valence-electron chi connectivity index (χ2n) is 1.71. The lowest BCUT2D eigenvalue weighted by Gasteiger charge is -1.95. The lowest BCUT2D eigenvalue weighted by atomic mass is 10.3. The molecule has 2 nitrogen and oxygen atoms in total. The number of phenols is 1. The Balaban J connectivity index is 0.000000810. The van der Waals surface area contributed by atoms with Gasteiger partial charge in [-0.3, -0.25) is 0 Å². The Morgan fingerprint density at radius 2 is 2.00 bits per heavy atom. The average molecular weight is 224 g/mol. The largest absolute Gasteiger partial charge is 0.506 e. The van der Waals surface area contributed by atoms with E-state index in [1.54, 1.807) is 12.1 Å². The topological polar surface area (TPSA) is 46.2 Å². The molecule has 56 valence electrons. The maximum Gasteiger partial charge on any atom is 0.136 e. The van der Waals surface area contributed by atoms with Crippen molar-refractivity contribution in [3.8, 4) is 5.75 Å². The Hall–Kier alpha value is -0.410. The molecule has 0 aromatic heterocycles. The SMILES string of the molecule is Br.Nc1ccc(Cl)c(O)c1. The lowest BCUT2D eigenvalue weighted by Crippen LogP contribution is -1.81. The third-order valence-corrected chi connectivity index (χ3v) is 1.29. The van der Waals surface area contributed by atoms with Gasteiger partial charge in [-0.2, -0.15) is 0 Å². The number of anilines is 1. The number of hydrogen-bond donors (Lipinski definition) is 2. The minimum atomic E-state index is 0. The van der Waals surface area contributed by atoms with Gasteiger partial charge in [0.05, 0.1) is 5.02 Å². The molecule has 10 heavy (non-hydrogen) atoms. The fraction of sp³-hybridized carbons (Fsp3) is 0. The van der Waals surface area contributed by atoms with E-state index < -0.39 is 0 Å². The maximum atomic E-state index is 8.89. The fourth-order valence-corrected chi connectivity index (χ4v) is 0.647. The van der Waals surface area contributed by atoms with Gasteiger partial charge in [0.15, 0.2) is 0 Å². The molecular formula is C6H7BrClNO. The summed E-state index contributed by atoms with van der Waals surface area (Å²) in [6.45, 7) is 0. The fourth-order valence-electron chi connectivity index (χ4n) is 0.530. The van der Waals surface area contributed by atoms with Crippen LogP contribution >= 0.6 is 28.6 Å². The van der Waals surface area contributed by atoms with Gasteiger partial charge in [-0.1, -0.05) is 11.6 Å². The number of halogens is 2. The number of hydrogen-bond acceptors (Lipinski definition) is 2. The zero-order valence-corrected chi connectivity index (χ0v) is 7.51. The zero-order chi connectivity index (χ0) is 6.85. The number of rotatable bonds is 0. The summed E-state index contributed by atoms with van der Waals surface area (Å²) in [6.07, 6.45) is 0. The zero-order valence-electron chi connectivity index (χ0n) is 5.04. The van der Waals surface area contributed by atoms with Crippen molar-refractivity contribution in [2.75, 3.05) is 5.73 Å². The molecule has 0 unspecified atom stereocenters. The van der Waals surface area contributed by atoms with Crippen LogP contribution in [0.5, 0.6) is 5.75 Å². The molecule has 3 N–H and O–H groups in total. The van der Waals surface area contributed by atoms with Crippen molar-refractivity contribution in [2.45, 2.75) is 0 Å². The Morgan fingerprint density at radius 1 is 1.40 bits per heavy atom. The first-order chi connectivity index (χ1) is 4.20. The van der Waals surface area contributed by atoms with Crippen molar-refractivity contribution < 1.29 is 5.11 Å². The van der Waals surface area contributed by atoms with Crippen LogP contribution in [-0.2, 0) is 0 Å². The van der Waals surface area contributed by atoms with Crippen LogP contribution in [0.3, 0.4) is 0 Å². The van der Waals surface area contributed by atoms with Crippen molar-refractivity contribution in [1.82, 2.24) is 0 Å². The summed E-state index contributed by atoms with van der Waals surface area (Å²) >= 11 is 5.48. The van der Waals surface area contributed by atoms with Crippen LogP contribution in [0.15, 0.2) is 18.2 Å². The van der Waals surface area contributed by atoms with Crippen LogP contribution in [0.1, 0.15) is 0 Å². The molecule has 1 aromatic carbocycles. The molecule has 4 heteroatoms. The molecule has 0 bridgehead atoms. The van der Waals surface area contributed by atoms with Crippen LogP contribution < -0.4 is 5.73 Å². The van der Waals surface area contributed by atoms with E-state index in [0.29, 0.717) is 10.7 Å². The number of benzene rings is 1. The highest BCUT2D eigenvalue weighted by Crippen LogP contribution is 2.24. The molecule has 1 rings (SSSR count). The monoisotopic (exact) mass is 223 g/mol. The molecule has 0 aliphatic heterocycles. The molecule has 0 heterocycles. The Morgan fingerprint density at radius 3 is 2.40 bits per heavy atom. The highest BCUT2D eigenvalue weighted by Gasteiger charge is 1.94. The molecule has 0 saturated heterocycles. The second kappa shape index (κ2) is 3.68. The first kappa shape index (κ1) is 9.59. The maximum absolute atomic E-state index is 8.89. The summed E-state index contributed by atoms with van der Waals surface area (Å²) in [6, 6.07) is 4.58. The van der Waals surface area contributed by atoms with E-state index in [0.717, 1.165) is 0 Å². The number of aromatic hydroxyl groups is 1. The van der Waals surface area contributed by atoms with Gasteiger partial charge in [0.25, 0.3) is 0 Å². The van der Waals surface area contributed by atoms with Crippen molar-refractivity contribution in [3.63, 3.8) is 0 Å². The smallest absolute Gasteiger partial charge is 0.136 e. The van der Waals surface area contributed by atoms with E-state index in [1.807, 2.05) is 0 Å². The van der Waals surface area contributed by atoms with Crippen LogP contribution in [0.25, 0.3) is 0 Å². The standard InChI is InChI=1S/C6H6ClNO.BrH/c7-5-2-1-4(8)3-6(5)9;/h1-3,9H,8H2;1H. The van der Waals surface area contributed by atoms with Crippen LogP contribution in [-0.4, -0.2) is 5.11 Å². The van der Waals surface area contributed by atoms with Gasteiger partial charge in [0, 0.05) is 11.8 Å². The van der Waals surface area contributed by atoms with E-state index in [4.69, 9.17) is 22.4 Å². The molecule has 0 aliphatic carbocycles.